The van der Waals surface area contributed by atoms with Crippen molar-refractivity contribution in [2.75, 3.05) is 26.3 Å². The number of sulfonamides is 1. The number of ether oxygens (including phenoxy) is 1. The van der Waals surface area contributed by atoms with E-state index in [0.717, 1.165) is 34.6 Å². The summed E-state index contributed by atoms with van der Waals surface area (Å²) in [6.45, 7) is 0.279. The lowest BCUT2D eigenvalue weighted by Gasteiger charge is -2.18. The number of halogens is 1. The van der Waals surface area contributed by atoms with E-state index in [1.54, 1.807) is 38.1 Å². The summed E-state index contributed by atoms with van der Waals surface area (Å²) in [5.74, 6) is 1.35. The van der Waals surface area contributed by atoms with Gasteiger partial charge in [-0.3, -0.25) is 0 Å². The van der Waals surface area contributed by atoms with Gasteiger partial charge < -0.3 is 4.74 Å². The number of hydrogen-bond donors (Lipinski definition) is 0. The van der Waals surface area contributed by atoms with Crippen molar-refractivity contribution in [3.63, 3.8) is 0 Å². The Balaban J connectivity index is 2.16. The largest absolute Gasteiger partial charge is 0.496 e. The van der Waals surface area contributed by atoms with E-state index < -0.39 is 10.0 Å². The third kappa shape index (κ3) is 5.16. The van der Waals surface area contributed by atoms with Gasteiger partial charge in [0.25, 0.3) is 0 Å². The van der Waals surface area contributed by atoms with Gasteiger partial charge in [-0.25, -0.2) is 8.42 Å². The van der Waals surface area contributed by atoms with Crippen molar-refractivity contribution in [1.82, 2.24) is 4.31 Å². The minimum absolute atomic E-state index is 0.279. The molecule has 2 rings (SSSR count). The van der Waals surface area contributed by atoms with Gasteiger partial charge in [-0.2, -0.15) is 4.31 Å². The molecular formula is C19H24ClNO3S2. The smallest absolute Gasteiger partial charge is 0.243 e. The van der Waals surface area contributed by atoms with Crippen LogP contribution in [-0.2, 0) is 23.0 Å². The van der Waals surface area contributed by atoms with Gasteiger partial charge in [0, 0.05) is 24.4 Å². The minimum atomic E-state index is -3.55. The highest BCUT2D eigenvalue weighted by atomic mass is 35.5. The molecule has 0 heterocycles. The van der Waals surface area contributed by atoms with Crippen LogP contribution in [0, 0.1) is 0 Å². The Morgan fingerprint density at radius 1 is 1.12 bits per heavy atom. The zero-order chi connectivity index (χ0) is 19.2. The van der Waals surface area contributed by atoms with Gasteiger partial charge in [0.05, 0.1) is 12.0 Å². The van der Waals surface area contributed by atoms with Crippen LogP contribution in [0.3, 0.4) is 0 Å². The highest BCUT2D eigenvalue weighted by molar-refractivity contribution is 7.98. The fraction of sp³-hybridized carbons (Fsp3) is 0.368. The van der Waals surface area contributed by atoms with E-state index in [9.17, 15) is 8.42 Å². The SMILES string of the molecule is COc1cc(CN(C)S(=O)(=O)c2ccc(CCCCl)cc2)ccc1SC. The number of benzene rings is 2. The summed E-state index contributed by atoms with van der Waals surface area (Å²) in [7, 11) is -0.343. The van der Waals surface area contributed by atoms with Crippen molar-refractivity contribution in [3.05, 3.63) is 53.6 Å². The molecule has 0 saturated carbocycles. The fourth-order valence-corrected chi connectivity index (χ4v) is 4.44. The maximum atomic E-state index is 12.8. The molecule has 0 amide bonds. The summed E-state index contributed by atoms with van der Waals surface area (Å²) in [5.41, 5.74) is 1.97. The Bertz CT molecular complexity index is 823. The first-order valence-electron chi connectivity index (χ1n) is 8.24. The number of aryl methyl sites for hydroxylation is 1. The molecule has 0 N–H and O–H groups in total. The molecule has 0 aliphatic heterocycles. The molecule has 0 aliphatic carbocycles. The summed E-state index contributed by atoms with van der Waals surface area (Å²) in [6, 6.07) is 12.8. The van der Waals surface area contributed by atoms with Crippen LogP contribution in [-0.4, -0.2) is 39.0 Å². The van der Waals surface area contributed by atoms with E-state index >= 15 is 0 Å². The van der Waals surface area contributed by atoms with Crippen LogP contribution in [0.2, 0.25) is 0 Å². The first-order valence-corrected chi connectivity index (χ1v) is 11.4. The molecule has 0 bridgehead atoms. The molecule has 0 unspecified atom stereocenters. The molecule has 0 saturated heterocycles. The topological polar surface area (TPSA) is 46.6 Å². The summed E-state index contributed by atoms with van der Waals surface area (Å²) >= 11 is 7.29. The Kier molecular flexibility index (Phi) is 7.83. The van der Waals surface area contributed by atoms with E-state index in [1.807, 2.05) is 36.6 Å². The number of hydrogen-bond acceptors (Lipinski definition) is 4. The Hall–Kier alpha value is -1.21. The van der Waals surface area contributed by atoms with E-state index in [2.05, 4.69) is 0 Å². The molecule has 142 valence electrons. The Morgan fingerprint density at radius 2 is 1.77 bits per heavy atom. The van der Waals surface area contributed by atoms with Crippen molar-refractivity contribution in [2.24, 2.45) is 0 Å². The van der Waals surface area contributed by atoms with Gasteiger partial charge in [0.15, 0.2) is 0 Å². The quantitative estimate of drug-likeness (QED) is 0.451. The molecule has 7 heteroatoms. The van der Waals surface area contributed by atoms with E-state index in [0.29, 0.717) is 10.8 Å². The summed E-state index contributed by atoms with van der Waals surface area (Å²) < 4.78 is 32.3. The van der Waals surface area contributed by atoms with Crippen LogP contribution >= 0.6 is 23.4 Å². The van der Waals surface area contributed by atoms with Gasteiger partial charge in [-0.05, 0) is 54.5 Å². The highest BCUT2D eigenvalue weighted by Gasteiger charge is 2.21. The average molecular weight is 414 g/mol. The second-order valence-electron chi connectivity index (χ2n) is 5.89. The van der Waals surface area contributed by atoms with Crippen molar-refractivity contribution in [3.8, 4) is 5.75 Å². The van der Waals surface area contributed by atoms with Crippen molar-refractivity contribution in [2.45, 2.75) is 29.2 Å². The number of rotatable bonds is 9. The lowest BCUT2D eigenvalue weighted by molar-refractivity contribution is 0.402. The molecule has 0 fully saturated rings. The van der Waals surface area contributed by atoms with Crippen LogP contribution in [0.1, 0.15) is 17.5 Å². The normalized spacial score (nSPS) is 11.7. The number of alkyl halides is 1. The van der Waals surface area contributed by atoms with Gasteiger partial charge in [0.2, 0.25) is 10.0 Å². The second kappa shape index (κ2) is 9.65. The summed E-state index contributed by atoms with van der Waals surface area (Å²) in [6.07, 6.45) is 3.70. The molecule has 0 atom stereocenters. The first-order chi connectivity index (χ1) is 12.4. The molecule has 26 heavy (non-hydrogen) atoms. The Labute approximate surface area is 165 Å². The zero-order valence-electron chi connectivity index (χ0n) is 15.2. The fourth-order valence-electron chi connectivity index (χ4n) is 2.60. The van der Waals surface area contributed by atoms with Gasteiger partial charge in [-0.15, -0.1) is 23.4 Å². The van der Waals surface area contributed by atoms with Crippen molar-refractivity contribution < 1.29 is 13.2 Å². The van der Waals surface area contributed by atoms with E-state index in [4.69, 9.17) is 16.3 Å². The third-order valence-corrected chi connectivity index (χ3v) is 6.95. The van der Waals surface area contributed by atoms with E-state index in [1.165, 1.54) is 4.31 Å². The van der Waals surface area contributed by atoms with Crippen LogP contribution < -0.4 is 4.74 Å². The average Bonchev–Trinajstić information content (AvgIpc) is 2.66. The zero-order valence-corrected chi connectivity index (χ0v) is 17.6. The second-order valence-corrected chi connectivity index (χ2v) is 9.16. The number of methoxy groups -OCH3 is 1. The molecule has 0 aromatic heterocycles. The van der Waals surface area contributed by atoms with Crippen LogP contribution in [0.25, 0.3) is 0 Å². The lowest BCUT2D eigenvalue weighted by Crippen LogP contribution is -2.26. The molecule has 0 radical (unpaired) electrons. The standard InChI is InChI=1S/C19H24ClNO3S2/c1-21(14-16-8-11-19(25-3)18(13-16)24-2)26(22,23)17-9-6-15(7-10-17)5-4-12-20/h6-11,13H,4-5,12,14H2,1-3H3. The number of thioether (sulfide) groups is 1. The lowest BCUT2D eigenvalue weighted by atomic mass is 10.1. The predicted molar refractivity (Wildman–Crippen MR) is 109 cm³/mol. The van der Waals surface area contributed by atoms with Crippen molar-refractivity contribution >= 4 is 33.4 Å². The predicted octanol–water partition coefficient (Wildman–Crippen LogP) is 4.41. The maximum Gasteiger partial charge on any atom is 0.243 e. The first kappa shape index (κ1) is 21.1. The molecule has 4 nitrogen and oxygen atoms in total. The third-order valence-electron chi connectivity index (χ3n) is 4.08. The summed E-state index contributed by atoms with van der Waals surface area (Å²) in [5, 5.41) is 0. The Morgan fingerprint density at radius 3 is 2.35 bits per heavy atom. The molecule has 0 spiro atoms. The molecular weight excluding hydrogens is 390 g/mol. The van der Waals surface area contributed by atoms with E-state index in [-0.39, 0.29) is 6.54 Å². The monoisotopic (exact) mass is 413 g/mol. The molecule has 0 aliphatic rings. The molecule has 2 aromatic carbocycles. The maximum absolute atomic E-state index is 12.8. The van der Waals surface area contributed by atoms with Crippen LogP contribution in [0.15, 0.2) is 52.3 Å². The summed E-state index contributed by atoms with van der Waals surface area (Å²) in [4.78, 5) is 1.32. The van der Waals surface area contributed by atoms with Gasteiger partial charge in [0.1, 0.15) is 5.75 Å². The minimum Gasteiger partial charge on any atom is -0.496 e. The van der Waals surface area contributed by atoms with Crippen molar-refractivity contribution in [1.29, 1.82) is 0 Å². The van der Waals surface area contributed by atoms with Crippen LogP contribution in [0.5, 0.6) is 5.75 Å². The van der Waals surface area contributed by atoms with Gasteiger partial charge >= 0.3 is 0 Å². The molecule has 2 aromatic rings. The number of nitrogens with zero attached hydrogens (tertiary/aromatic N) is 1. The van der Waals surface area contributed by atoms with Crippen LogP contribution in [0.4, 0.5) is 0 Å². The highest BCUT2D eigenvalue weighted by Crippen LogP contribution is 2.29. The van der Waals surface area contributed by atoms with Gasteiger partial charge in [-0.1, -0.05) is 18.2 Å².